The smallest absolute Gasteiger partial charge is 0.264 e. The number of amides is 2. The van der Waals surface area contributed by atoms with Gasteiger partial charge in [-0.1, -0.05) is 96.9 Å². The molecule has 2 amide bonds. The summed E-state index contributed by atoms with van der Waals surface area (Å²) >= 11 is 6.30. The highest BCUT2D eigenvalue weighted by atomic mass is 35.5. The highest BCUT2D eigenvalue weighted by Gasteiger charge is 2.35. The fourth-order valence-corrected chi connectivity index (χ4v) is 6.43. The van der Waals surface area contributed by atoms with Gasteiger partial charge in [0.2, 0.25) is 11.8 Å². The number of nitrogens with one attached hydrogen (secondary N) is 1. The van der Waals surface area contributed by atoms with Gasteiger partial charge in [0.25, 0.3) is 10.0 Å². The third-order valence-corrected chi connectivity index (χ3v) is 9.47. The van der Waals surface area contributed by atoms with E-state index in [1.807, 2.05) is 57.2 Å². The predicted octanol–water partition coefficient (Wildman–Crippen LogP) is 6.40. The van der Waals surface area contributed by atoms with Gasteiger partial charge in [0, 0.05) is 24.0 Å². The molecule has 2 atom stereocenters. The lowest BCUT2D eigenvalue weighted by Crippen LogP contribution is -2.54. The van der Waals surface area contributed by atoms with Crippen molar-refractivity contribution in [1.29, 1.82) is 0 Å². The molecule has 0 aromatic heterocycles. The quantitative estimate of drug-likeness (QED) is 0.185. The summed E-state index contributed by atoms with van der Waals surface area (Å²) < 4.78 is 29.1. The Morgan fingerprint density at radius 1 is 0.841 bits per heavy atom. The SMILES string of the molecule is CC[C@H](C)NC(=O)[C@@H](Cc1ccccc1)N(Cc1cccc(Cl)c1)C(=O)CN(c1ccc(C)cc1)S(=O)(=O)c1ccccc1. The monoisotopic (exact) mass is 631 g/mol. The Kier molecular flexibility index (Phi) is 11.2. The largest absolute Gasteiger partial charge is 0.352 e. The molecule has 0 saturated heterocycles. The molecule has 44 heavy (non-hydrogen) atoms. The van der Waals surface area contributed by atoms with E-state index >= 15 is 0 Å². The molecule has 7 nitrogen and oxygen atoms in total. The van der Waals surface area contributed by atoms with Gasteiger partial charge in [0.05, 0.1) is 10.6 Å². The fourth-order valence-electron chi connectivity index (χ4n) is 4.79. The van der Waals surface area contributed by atoms with E-state index in [4.69, 9.17) is 11.6 Å². The maximum Gasteiger partial charge on any atom is 0.264 e. The van der Waals surface area contributed by atoms with E-state index in [0.717, 1.165) is 15.4 Å². The molecule has 0 radical (unpaired) electrons. The zero-order chi connectivity index (χ0) is 31.7. The Hall–Kier alpha value is -4.14. The standard InChI is InChI=1S/C35H38ClN3O4S/c1-4-27(3)37-35(41)33(23-28-12-7-5-8-13-28)38(24-29-14-11-15-30(36)22-29)34(40)25-39(31-20-18-26(2)19-21-31)44(42,43)32-16-9-6-10-17-32/h5-22,27,33H,4,23-25H2,1-3H3,(H,37,41)/t27-,33+/m0/s1. The van der Waals surface area contributed by atoms with Crippen LogP contribution in [-0.2, 0) is 32.6 Å². The van der Waals surface area contributed by atoms with Gasteiger partial charge >= 0.3 is 0 Å². The highest BCUT2D eigenvalue weighted by molar-refractivity contribution is 7.92. The van der Waals surface area contributed by atoms with Crippen molar-refractivity contribution in [1.82, 2.24) is 10.2 Å². The summed E-state index contributed by atoms with van der Waals surface area (Å²) in [5.74, 6) is -0.836. The van der Waals surface area contributed by atoms with E-state index in [-0.39, 0.29) is 29.8 Å². The Morgan fingerprint density at radius 3 is 2.07 bits per heavy atom. The molecule has 230 valence electrons. The molecule has 0 aliphatic heterocycles. The molecule has 0 aliphatic rings. The van der Waals surface area contributed by atoms with Crippen LogP contribution in [0.25, 0.3) is 0 Å². The average molecular weight is 632 g/mol. The van der Waals surface area contributed by atoms with Gasteiger partial charge in [-0.05, 0) is 67.8 Å². The summed E-state index contributed by atoms with van der Waals surface area (Å²) in [4.78, 5) is 29.9. The zero-order valence-electron chi connectivity index (χ0n) is 25.2. The number of benzene rings is 4. The van der Waals surface area contributed by atoms with Crippen LogP contribution in [0.1, 0.15) is 37.0 Å². The van der Waals surface area contributed by atoms with Crippen LogP contribution < -0.4 is 9.62 Å². The number of hydrogen-bond donors (Lipinski definition) is 1. The number of carbonyl (C=O) groups excluding carboxylic acids is 2. The molecular weight excluding hydrogens is 594 g/mol. The zero-order valence-corrected chi connectivity index (χ0v) is 26.8. The molecule has 4 rings (SSSR count). The number of rotatable bonds is 13. The summed E-state index contributed by atoms with van der Waals surface area (Å²) in [7, 11) is -4.14. The maximum absolute atomic E-state index is 14.5. The molecule has 0 bridgehead atoms. The van der Waals surface area contributed by atoms with Gasteiger partial charge in [-0.15, -0.1) is 0 Å². The van der Waals surface area contributed by atoms with Gasteiger partial charge in [-0.2, -0.15) is 0 Å². The van der Waals surface area contributed by atoms with E-state index < -0.39 is 28.5 Å². The highest BCUT2D eigenvalue weighted by Crippen LogP contribution is 2.26. The van der Waals surface area contributed by atoms with Gasteiger partial charge in [-0.3, -0.25) is 13.9 Å². The van der Waals surface area contributed by atoms with Crippen molar-refractivity contribution in [3.63, 3.8) is 0 Å². The average Bonchev–Trinajstić information content (AvgIpc) is 3.02. The first-order valence-electron chi connectivity index (χ1n) is 14.6. The summed E-state index contributed by atoms with van der Waals surface area (Å²) in [6.07, 6.45) is 0.952. The van der Waals surface area contributed by atoms with Crippen LogP contribution in [0.5, 0.6) is 0 Å². The first-order valence-corrected chi connectivity index (χ1v) is 16.4. The topological polar surface area (TPSA) is 86.8 Å². The molecule has 0 fully saturated rings. The van der Waals surface area contributed by atoms with Crippen molar-refractivity contribution in [3.05, 3.63) is 131 Å². The number of anilines is 1. The minimum absolute atomic E-state index is 0.0535. The number of carbonyl (C=O) groups is 2. The minimum Gasteiger partial charge on any atom is -0.352 e. The third kappa shape index (κ3) is 8.49. The van der Waals surface area contributed by atoms with Crippen molar-refractivity contribution < 1.29 is 18.0 Å². The molecule has 0 heterocycles. The summed E-state index contributed by atoms with van der Waals surface area (Å²) in [6, 6.07) is 30.5. The van der Waals surface area contributed by atoms with Crippen molar-refractivity contribution in [2.45, 2.75) is 57.1 Å². The summed E-state index contributed by atoms with van der Waals surface area (Å²) in [5.41, 5.74) is 2.88. The molecule has 4 aromatic rings. The second-order valence-corrected chi connectivity index (χ2v) is 13.1. The molecule has 4 aromatic carbocycles. The lowest BCUT2D eigenvalue weighted by Gasteiger charge is -2.34. The van der Waals surface area contributed by atoms with Gasteiger partial charge < -0.3 is 10.2 Å². The van der Waals surface area contributed by atoms with Crippen molar-refractivity contribution >= 4 is 39.1 Å². The van der Waals surface area contributed by atoms with Crippen LogP contribution in [0.3, 0.4) is 0 Å². The van der Waals surface area contributed by atoms with Crippen LogP contribution in [-0.4, -0.2) is 43.8 Å². The van der Waals surface area contributed by atoms with Crippen molar-refractivity contribution in [3.8, 4) is 0 Å². The Labute approximate surface area is 265 Å². The van der Waals surface area contributed by atoms with Crippen LogP contribution in [0.2, 0.25) is 5.02 Å². The van der Waals surface area contributed by atoms with Crippen LogP contribution in [0.15, 0.2) is 114 Å². The second-order valence-electron chi connectivity index (χ2n) is 10.8. The Balaban J connectivity index is 1.80. The number of nitrogens with zero attached hydrogens (tertiary/aromatic N) is 2. The van der Waals surface area contributed by atoms with Gasteiger partial charge in [0.15, 0.2) is 0 Å². The molecule has 0 aliphatic carbocycles. The maximum atomic E-state index is 14.5. The lowest BCUT2D eigenvalue weighted by atomic mass is 10.0. The van der Waals surface area contributed by atoms with E-state index in [2.05, 4.69) is 5.32 Å². The van der Waals surface area contributed by atoms with Crippen LogP contribution in [0, 0.1) is 6.92 Å². The van der Waals surface area contributed by atoms with E-state index in [1.54, 1.807) is 60.7 Å². The summed E-state index contributed by atoms with van der Waals surface area (Å²) in [5, 5.41) is 3.53. The van der Waals surface area contributed by atoms with Crippen molar-refractivity contribution in [2.75, 3.05) is 10.8 Å². The first kappa shape index (κ1) is 32.8. The molecular formula is C35H38ClN3O4S. The minimum atomic E-state index is -4.14. The third-order valence-electron chi connectivity index (χ3n) is 7.45. The first-order chi connectivity index (χ1) is 21.1. The normalized spacial score (nSPS) is 12.6. The molecule has 1 N–H and O–H groups in total. The van der Waals surface area contributed by atoms with Crippen molar-refractivity contribution in [2.24, 2.45) is 0 Å². The number of halogens is 1. The van der Waals surface area contributed by atoms with Gasteiger partial charge in [0.1, 0.15) is 12.6 Å². The molecule has 9 heteroatoms. The van der Waals surface area contributed by atoms with E-state index in [0.29, 0.717) is 22.7 Å². The lowest BCUT2D eigenvalue weighted by molar-refractivity contribution is -0.140. The number of aryl methyl sites for hydroxylation is 1. The van der Waals surface area contributed by atoms with Gasteiger partial charge in [-0.25, -0.2) is 8.42 Å². The molecule has 0 saturated carbocycles. The predicted molar refractivity (Wildman–Crippen MR) is 176 cm³/mol. The van der Waals surface area contributed by atoms with E-state index in [9.17, 15) is 18.0 Å². The van der Waals surface area contributed by atoms with E-state index in [1.165, 1.54) is 17.0 Å². The Bertz CT molecular complexity index is 1650. The second kappa shape index (κ2) is 15.0. The molecule has 0 unspecified atom stereocenters. The summed E-state index contributed by atoms with van der Waals surface area (Å²) in [6.45, 7) is 5.33. The molecule has 0 spiro atoms. The number of sulfonamides is 1. The Morgan fingerprint density at radius 2 is 1.45 bits per heavy atom. The number of hydrogen-bond acceptors (Lipinski definition) is 4. The fraction of sp³-hybridized carbons (Fsp3) is 0.257. The van der Waals surface area contributed by atoms with Crippen LogP contribution in [0.4, 0.5) is 5.69 Å². The van der Waals surface area contributed by atoms with Crippen LogP contribution >= 0.6 is 11.6 Å².